The minimum absolute atomic E-state index is 0.142. The molecule has 0 spiro atoms. The van der Waals surface area contributed by atoms with Gasteiger partial charge in [-0.25, -0.2) is 0 Å². The molecule has 0 saturated carbocycles. The molecule has 0 saturated heterocycles. The van der Waals surface area contributed by atoms with Crippen molar-refractivity contribution in [3.8, 4) is 5.75 Å². The third-order valence-electron chi connectivity index (χ3n) is 3.56. The van der Waals surface area contributed by atoms with Crippen molar-refractivity contribution in [3.63, 3.8) is 0 Å². The number of ether oxygens (including phenoxy) is 2. The van der Waals surface area contributed by atoms with E-state index in [4.69, 9.17) is 9.47 Å². The highest BCUT2D eigenvalue weighted by atomic mass is 16.5. The Hall–Kier alpha value is -2.62. The first kappa shape index (κ1) is 15.8. The number of carbonyl (C=O) groups is 2. The van der Waals surface area contributed by atoms with Crippen molar-refractivity contribution in [1.29, 1.82) is 0 Å². The number of carbonyl (C=O) groups excluding carboxylic acids is 2. The van der Waals surface area contributed by atoms with Gasteiger partial charge >= 0.3 is 5.97 Å². The third kappa shape index (κ3) is 3.17. The fourth-order valence-electron chi connectivity index (χ4n) is 2.25. The Kier molecular flexibility index (Phi) is 4.94. The molecule has 0 heterocycles. The third-order valence-corrected chi connectivity index (χ3v) is 3.56. The molecule has 0 N–H and O–H groups in total. The van der Waals surface area contributed by atoms with Gasteiger partial charge in [0.2, 0.25) is 0 Å². The van der Waals surface area contributed by atoms with Gasteiger partial charge in [-0.15, -0.1) is 0 Å². The fraction of sp³-hybridized carbons (Fsp3) is 0.222. The van der Waals surface area contributed by atoms with Gasteiger partial charge in [0.15, 0.2) is 5.78 Å². The van der Waals surface area contributed by atoms with Crippen LogP contribution < -0.4 is 4.74 Å². The Bertz CT molecular complexity index is 691. The van der Waals surface area contributed by atoms with Gasteiger partial charge in [0, 0.05) is 5.56 Å². The Morgan fingerprint density at radius 3 is 2.41 bits per heavy atom. The van der Waals surface area contributed by atoms with Crippen LogP contribution in [-0.4, -0.2) is 26.0 Å². The van der Waals surface area contributed by atoms with E-state index in [1.54, 1.807) is 49.4 Å². The molecule has 0 bridgehead atoms. The van der Waals surface area contributed by atoms with E-state index in [0.29, 0.717) is 16.9 Å². The largest absolute Gasteiger partial charge is 0.496 e. The number of ketones is 1. The molecule has 0 aromatic heterocycles. The van der Waals surface area contributed by atoms with Crippen LogP contribution in [0.2, 0.25) is 0 Å². The molecule has 4 nitrogen and oxygen atoms in total. The van der Waals surface area contributed by atoms with Crippen LogP contribution in [0.15, 0.2) is 48.5 Å². The fourth-order valence-corrected chi connectivity index (χ4v) is 2.25. The van der Waals surface area contributed by atoms with Gasteiger partial charge in [-0.05, 0) is 30.7 Å². The molecule has 1 atom stereocenters. The predicted octanol–water partition coefficient (Wildman–Crippen LogP) is 3.20. The van der Waals surface area contributed by atoms with Crippen LogP contribution in [0.3, 0.4) is 0 Å². The minimum atomic E-state index is -0.421. The quantitative estimate of drug-likeness (QED) is 0.628. The molecule has 2 aromatic rings. The van der Waals surface area contributed by atoms with Crippen molar-refractivity contribution in [1.82, 2.24) is 0 Å². The predicted molar refractivity (Wildman–Crippen MR) is 83.3 cm³/mol. The van der Waals surface area contributed by atoms with Crippen molar-refractivity contribution < 1.29 is 19.1 Å². The molecule has 0 aliphatic carbocycles. The summed E-state index contributed by atoms with van der Waals surface area (Å²) in [5, 5.41) is 0. The standard InChI is InChI=1S/C18H18O4/c1-12(18(20)22-3)13-7-6-8-14(11-13)17(19)15-9-4-5-10-16(15)21-2/h4-12H,1-3H3. The maximum absolute atomic E-state index is 12.6. The number of hydrogen-bond acceptors (Lipinski definition) is 4. The van der Waals surface area contributed by atoms with Gasteiger partial charge in [-0.2, -0.15) is 0 Å². The molecule has 2 aromatic carbocycles. The molecule has 0 amide bonds. The lowest BCUT2D eigenvalue weighted by Gasteiger charge is -2.11. The van der Waals surface area contributed by atoms with Crippen LogP contribution in [0.25, 0.3) is 0 Å². The van der Waals surface area contributed by atoms with Gasteiger partial charge in [-0.1, -0.05) is 30.3 Å². The summed E-state index contributed by atoms with van der Waals surface area (Å²) >= 11 is 0. The van der Waals surface area contributed by atoms with E-state index in [9.17, 15) is 9.59 Å². The zero-order valence-electron chi connectivity index (χ0n) is 12.8. The van der Waals surface area contributed by atoms with E-state index in [1.807, 2.05) is 6.07 Å². The summed E-state index contributed by atoms with van der Waals surface area (Å²) in [6.45, 7) is 1.75. The smallest absolute Gasteiger partial charge is 0.312 e. The van der Waals surface area contributed by atoms with E-state index in [-0.39, 0.29) is 11.8 Å². The number of benzene rings is 2. The zero-order chi connectivity index (χ0) is 16.1. The van der Waals surface area contributed by atoms with E-state index in [1.165, 1.54) is 14.2 Å². The van der Waals surface area contributed by atoms with Gasteiger partial charge in [0.05, 0.1) is 25.7 Å². The first-order valence-electron chi connectivity index (χ1n) is 6.94. The molecule has 1 unspecified atom stereocenters. The maximum Gasteiger partial charge on any atom is 0.312 e. The topological polar surface area (TPSA) is 52.6 Å². The van der Waals surface area contributed by atoms with Crippen LogP contribution in [0.5, 0.6) is 5.75 Å². The number of esters is 1. The van der Waals surface area contributed by atoms with Crippen LogP contribution >= 0.6 is 0 Å². The van der Waals surface area contributed by atoms with E-state index in [0.717, 1.165) is 5.56 Å². The Morgan fingerprint density at radius 2 is 1.73 bits per heavy atom. The maximum atomic E-state index is 12.6. The summed E-state index contributed by atoms with van der Waals surface area (Å²) in [7, 11) is 2.88. The monoisotopic (exact) mass is 298 g/mol. The summed E-state index contributed by atoms with van der Waals surface area (Å²) < 4.78 is 9.97. The lowest BCUT2D eigenvalue weighted by molar-refractivity contribution is -0.141. The lowest BCUT2D eigenvalue weighted by atomic mass is 9.95. The molecule has 0 fully saturated rings. The molecular formula is C18H18O4. The number of methoxy groups -OCH3 is 2. The highest BCUT2D eigenvalue weighted by molar-refractivity contribution is 6.10. The number of para-hydroxylation sites is 1. The first-order valence-corrected chi connectivity index (χ1v) is 6.94. The summed E-state index contributed by atoms with van der Waals surface area (Å²) in [5.41, 5.74) is 1.75. The van der Waals surface area contributed by atoms with Crippen LogP contribution in [0.1, 0.15) is 34.3 Å². The average Bonchev–Trinajstić information content (AvgIpc) is 2.59. The second kappa shape index (κ2) is 6.89. The highest BCUT2D eigenvalue weighted by Crippen LogP contribution is 2.23. The summed E-state index contributed by atoms with van der Waals surface area (Å²) in [6.07, 6.45) is 0. The second-order valence-corrected chi connectivity index (χ2v) is 4.90. The van der Waals surface area contributed by atoms with Gasteiger partial charge < -0.3 is 9.47 Å². The number of rotatable bonds is 5. The van der Waals surface area contributed by atoms with E-state index in [2.05, 4.69) is 0 Å². The molecule has 114 valence electrons. The minimum Gasteiger partial charge on any atom is -0.496 e. The van der Waals surface area contributed by atoms with Gasteiger partial charge in [0.1, 0.15) is 5.75 Å². The zero-order valence-corrected chi connectivity index (χ0v) is 12.8. The Labute approximate surface area is 129 Å². The molecule has 0 aliphatic heterocycles. The van der Waals surface area contributed by atoms with Crippen molar-refractivity contribution in [2.24, 2.45) is 0 Å². The normalized spacial score (nSPS) is 11.6. The van der Waals surface area contributed by atoms with Gasteiger partial charge in [-0.3, -0.25) is 9.59 Å². The molecule has 22 heavy (non-hydrogen) atoms. The van der Waals surface area contributed by atoms with E-state index >= 15 is 0 Å². The molecule has 2 rings (SSSR count). The van der Waals surface area contributed by atoms with Crippen LogP contribution in [-0.2, 0) is 9.53 Å². The van der Waals surface area contributed by atoms with Crippen molar-refractivity contribution in [2.75, 3.05) is 14.2 Å². The average molecular weight is 298 g/mol. The molecule has 0 radical (unpaired) electrons. The lowest BCUT2D eigenvalue weighted by Crippen LogP contribution is -2.12. The van der Waals surface area contributed by atoms with E-state index < -0.39 is 5.92 Å². The second-order valence-electron chi connectivity index (χ2n) is 4.90. The van der Waals surface area contributed by atoms with Crippen molar-refractivity contribution in [2.45, 2.75) is 12.8 Å². The summed E-state index contributed by atoms with van der Waals surface area (Å²) in [4.78, 5) is 24.3. The van der Waals surface area contributed by atoms with Crippen molar-refractivity contribution >= 4 is 11.8 Å². The molecule has 0 aliphatic rings. The van der Waals surface area contributed by atoms with Gasteiger partial charge in [0.25, 0.3) is 0 Å². The SMILES string of the molecule is COC(=O)C(C)c1cccc(C(=O)c2ccccc2OC)c1. The van der Waals surface area contributed by atoms with Crippen molar-refractivity contribution in [3.05, 3.63) is 65.2 Å². The summed E-state index contributed by atoms with van der Waals surface area (Å²) in [6, 6.07) is 14.1. The first-order chi connectivity index (χ1) is 10.6. The molecular weight excluding hydrogens is 280 g/mol. The van der Waals surface area contributed by atoms with Crippen LogP contribution in [0, 0.1) is 0 Å². The van der Waals surface area contributed by atoms with Crippen LogP contribution in [0.4, 0.5) is 0 Å². The Morgan fingerprint density at radius 1 is 1.00 bits per heavy atom. The number of hydrogen-bond donors (Lipinski definition) is 0. The summed E-state index contributed by atoms with van der Waals surface area (Å²) in [5.74, 6) is -0.368. The highest BCUT2D eigenvalue weighted by Gasteiger charge is 2.19. The molecule has 4 heteroatoms. The Balaban J connectivity index is 2.37.